The van der Waals surface area contributed by atoms with Crippen LogP contribution >= 0.6 is 0 Å². The van der Waals surface area contributed by atoms with Crippen LogP contribution in [0, 0.1) is 5.92 Å². The average molecular weight is 329 g/mol. The van der Waals surface area contributed by atoms with E-state index >= 15 is 0 Å². The Morgan fingerprint density at radius 1 is 1.21 bits per heavy atom. The number of carbonyl (C=O) groups excluding carboxylic acids is 1. The van der Waals surface area contributed by atoms with Gasteiger partial charge in [-0.25, -0.2) is 0 Å². The highest BCUT2D eigenvalue weighted by molar-refractivity contribution is 5.94. The summed E-state index contributed by atoms with van der Waals surface area (Å²) in [6, 6.07) is 8.29. The molecule has 1 aliphatic carbocycles. The van der Waals surface area contributed by atoms with Gasteiger partial charge < -0.3 is 16.0 Å². The Bertz CT molecular complexity index is 557. The summed E-state index contributed by atoms with van der Waals surface area (Å²) >= 11 is 0. The minimum Gasteiger partial charge on any atom is -0.348 e. The van der Waals surface area contributed by atoms with E-state index in [1.165, 1.54) is 50.9 Å². The number of nitrogens with zero attached hydrogens (tertiary/aromatic N) is 1. The van der Waals surface area contributed by atoms with Crippen LogP contribution in [-0.4, -0.2) is 43.0 Å². The van der Waals surface area contributed by atoms with Crippen molar-refractivity contribution >= 4 is 5.91 Å². The number of carbonyl (C=O) groups is 1. The summed E-state index contributed by atoms with van der Waals surface area (Å²) in [6.07, 6.45) is 5.23. The highest BCUT2D eigenvalue weighted by Crippen LogP contribution is 2.49. The zero-order chi connectivity index (χ0) is 17.2. The number of amides is 1. The Kier molecular flexibility index (Phi) is 5.26. The van der Waals surface area contributed by atoms with Gasteiger partial charge in [-0.15, -0.1) is 0 Å². The highest BCUT2D eigenvalue weighted by Gasteiger charge is 2.45. The van der Waals surface area contributed by atoms with E-state index in [0.717, 1.165) is 5.56 Å². The Balaban J connectivity index is 1.63. The molecule has 24 heavy (non-hydrogen) atoms. The molecule has 0 aromatic heterocycles. The first-order valence-corrected chi connectivity index (χ1v) is 9.38. The molecular weight excluding hydrogens is 298 g/mol. The second-order valence-electron chi connectivity index (χ2n) is 7.90. The van der Waals surface area contributed by atoms with Crippen molar-refractivity contribution in [3.05, 3.63) is 35.4 Å². The van der Waals surface area contributed by atoms with Crippen molar-refractivity contribution in [2.75, 3.05) is 26.2 Å². The summed E-state index contributed by atoms with van der Waals surface area (Å²) in [4.78, 5) is 15.0. The Morgan fingerprint density at radius 2 is 1.83 bits per heavy atom. The van der Waals surface area contributed by atoms with Crippen molar-refractivity contribution in [2.45, 2.75) is 51.0 Å². The van der Waals surface area contributed by atoms with Crippen molar-refractivity contribution < 1.29 is 4.79 Å². The Morgan fingerprint density at radius 3 is 2.33 bits per heavy atom. The minimum atomic E-state index is -0.0184. The summed E-state index contributed by atoms with van der Waals surface area (Å²) in [6.45, 7) is 8.31. The molecule has 1 aromatic carbocycles. The molecule has 4 nitrogen and oxygen atoms in total. The van der Waals surface area contributed by atoms with Crippen LogP contribution in [0.25, 0.3) is 0 Å². The van der Waals surface area contributed by atoms with E-state index in [-0.39, 0.29) is 11.9 Å². The summed E-state index contributed by atoms with van der Waals surface area (Å²) < 4.78 is 0. The number of hydrogen-bond acceptors (Lipinski definition) is 3. The lowest BCUT2D eigenvalue weighted by Crippen LogP contribution is -2.43. The third-order valence-corrected chi connectivity index (χ3v) is 5.71. The van der Waals surface area contributed by atoms with Gasteiger partial charge in [0.15, 0.2) is 0 Å². The molecule has 1 atom stereocenters. The number of hydrogen-bond donors (Lipinski definition) is 2. The van der Waals surface area contributed by atoms with Gasteiger partial charge in [-0.05, 0) is 62.4 Å². The number of nitrogens with one attached hydrogen (secondary N) is 1. The Hall–Kier alpha value is -1.39. The SMILES string of the molecule is CC(C)C(CN)NC(=O)c1ccc(C2(CN3CCCC3)CC2)cc1. The zero-order valence-corrected chi connectivity index (χ0v) is 15.1. The fraction of sp³-hybridized carbons (Fsp3) is 0.650. The third kappa shape index (κ3) is 3.81. The van der Waals surface area contributed by atoms with Gasteiger partial charge in [0.2, 0.25) is 0 Å². The number of rotatable bonds is 7. The van der Waals surface area contributed by atoms with E-state index in [1.54, 1.807) is 0 Å². The van der Waals surface area contributed by atoms with Crippen molar-refractivity contribution in [1.29, 1.82) is 0 Å². The van der Waals surface area contributed by atoms with E-state index in [2.05, 4.69) is 36.2 Å². The molecule has 0 spiro atoms. The van der Waals surface area contributed by atoms with E-state index < -0.39 is 0 Å². The molecule has 1 unspecified atom stereocenters. The molecule has 1 heterocycles. The second-order valence-corrected chi connectivity index (χ2v) is 7.90. The van der Waals surface area contributed by atoms with Crippen molar-refractivity contribution in [3.63, 3.8) is 0 Å². The van der Waals surface area contributed by atoms with Crippen LogP contribution in [0.2, 0.25) is 0 Å². The number of benzene rings is 1. The molecule has 1 saturated heterocycles. The van der Waals surface area contributed by atoms with Crippen molar-refractivity contribution in [3.8, 4) is 0 Å². The maximum Gasteiger partial charge on any atom is 0.251 e. The molecular formula is C20H31N3O. The van der Waals surface area contributed by atoms with E-state index in [1.807, 2.05) is 12.1 Å². The minimum absolute atomic E-state index is 0.0184. The van der Waals surface area contributed by atoms with Gasteiger partial charge in [0.05, 0.1) is 0 Å². The van der Waals surface area contributed by atoms with Crippen LogP contribution in [0.15, 0.2) is 24.3 Å². The second kappa shape index (κ2) is 7.24. The van der Waals surface area contributed by atoms with Crippen LogP contribution in [0.4, 0.5) is 0 Å². The molecule has 4 heteroatoms. The van der Waals surface area contributed by atoms with E-state index in [0.29, 0.717) is 17.9 Å². The largest absolute Gasteiger partial charge is 0.348 e. The molecule has 2 fully saturated rings. The standard InChI is InChI=1S/C20H31N3O/c1-15(2)18(13-21)22-19(24)16-5-7-17(8-6-16)20(9-10-20)14-23-11-3-4-12-23/h5-8,15,18H,3-4,9-14,21H2,1-2H3,(H,22,24). The fourth-order valence-electron chi connectivity index (χ4n) is 3.78. The molecule has 1 aromatic rings. The topological polar surface area (TPSA) is 58.4 Å². The Labute approximate surface area is 145 Å². The van der Waals surface area contributed by atoms with Gasteiger partial charge in [-0.1, -0.05) is 26.0 Å². The van der Waals surface area contributed by atoms with E-state index in [4.69, 9.17) is 5.73 Å². The smallest absolute Gasteiger partial charge is 0.251 e. The summed E-state index contributed by atoms with van der Waals surface area (Å²) in [5, 5.41) is 3.04. The number of nitrogens with two attached hydrogens (primary N) is 1. The summed E-state index contributed by atoms with van der Waals surface area (Å²) in [5.41, 5.74) is 8.22. The van der Waals surface area contributed by atoms with Crippen LogP contribution in [0.5, 0.6) is 0 Å². The van der Waals surface area contributed by atoms with Gasteiger partial charge in [-0.3, -0.25) is 4.79 Å². The molecule has 1 aliphatic heterocycles. The highest BCUT2D eigenvalue weighted by atomic mass is 16.1. The van der Waals surface area contributed by atoms with Crippen LogP contribution in [0.3, 0.4) is 0 Å². The van der Waals surface area contributed by atoms with Crippen LogP contribution in [-0.2, 0) is 5.41 Å². The van der Waals surface area contributed by atoms with E-state index in [9.17, 15) is 4.79 Å². The summed E-state index contributed by atoms with van der Waals surface area (Å²) in [5.74, 6) is 0.323. The molecule has 1 saturated carbocycles. The summed E-state index contributed by atoms with van der Waals surface area (Å²) in [7, 11) is 0. The normalized spacial score (nSPS) is 21.0. The maximum atomic E-state index is 12.4. The van der Waals surface area contributed by atoms with Gasteiger partial charge in [-0.2, -0.15) is 0 Å². The van der Waals surface area contributed by atoms with Gasteiger partial charge >= 0.3 is 0 Å². The van der Waals surface area contributed by atoms with Gasteiger partial charge in [0.1, 0.15) is 0 Å². The lowest BCUT2D eigenvalue weighted by atomic mass is 9.94. The lowest BCUT2D eigenvalue weighted by Gasteiger charge is -2.24. The van der Waals surface area contributed by atoms with Crippen molar-refractivity contribution in [2.24, 2.45) is 11.7 Å². The molecule has 0 bridgehead atoms. The predicted octanol–water partition coefficient (Wildman–Crippen LogP) is 2.53. The average Bonchev–Trinajstić information content (AvgIpc) is 3.18. The predicted molar refractivity (Wildman–Crippen MR) is 98.2 cm³/mol. The molecule has 2 aliphatic rings. The number of likely N-dealkylation sites (tertiary alicyclic amines) is 1. The van der Waals surface area contributed by atoms with Gasteiger partial charge in [0, 0.05) is 30.1 Å². The fourth-order valence-corrected chi connectivity index (χ4v) is 3.78. The van der Waals surface area contributed by atoms with Crippen molar-refractivity contribution in [1.82, 2.24) is 10.2 Å². The third-order valence-electron chi connectivity index (χ3n) is 5.71. The van der Waals surface area contributed by atoms with Gasteiger partial charge in [0.25, 0.3) is 5.91 Å². The molecule has 1 amide bonds. The first-order valence-electron chi connectivity index (χ1n) is 9.38. The quantitative estimate of drug-likeness (QED) is 0.808. The monoisotopic (exact) mass is 329 g/mol. The maximum absolute atomic E-state index is 12.4. The van der Waals surface area contributed by atoms with Crippen LogP contribution < -0.4 is 11.1 Å². The first kappa shape index (κ1) is 17.4. The lowest BCUT2D eigenvalue weighted by molar-refractivity contribution is 0.0927. The molecule has 3 N–H and O–H groups in total. The van der Waals surface area contributed by atoms with Crippen LogP contribution in [0.1, 0.15) is 55.5 Å². The molecule has 3 rings (SSSR count). The molecule has 0 radical (unpaired) electrons. The first-order chi connectivity index (χ1) is 11.5. The zero-order valence-electron chi connectivity index (χ0n) is 15.1. The molecule has 132 valence electrons.